The lowest BCUT2D eigenvalue weighted by atomic mass is 10.2. The quantitative estimate of drug-likeness (QED) is 0.653. The number of imidazole rings is 1. The zero-order chi connectivity index (χ0) is 12.4. The Hall–Kier alpha value is -2.42. The minimum Gasteiger partial charge on any atom is -0.298 e. The van der Waals surface area contributed by atoms with Crippen molar-refractivity contribution in [3.8, 4) is 11.5 Å². The number of nitrogens with zero attached hydrogens (tertiary/aromatic N) is 3. The zero-order valence-corrected chi connectivity index (χ0v) is 9.95. The lowest BCUT2D eigenvalue weighted by molar-refractivity contribution is 1.12. The summed E-state index contributed by atoms with van der Waals surface area (Å²) >= 11 is 0. The first-order chi connectivity index (χ1) is 8.90. The highest BCUT2D eigenvalue weighted by molar-refractivity contribution is 5.63. The number of hydrogen-bond donors (Lipinski definition) is 0. The average molecular weight is 235 g/mol. The molecule has 3 nitrogen and oxygen atoms in total. The largest absolute Gasteiger partial charge is 0.298 e. The van der Waals surface area contributed by atoms with Gasteiger partial charge in [-0.3, -0.25) is 9.38 Å². The van der Waals surface area contributed by atoms with Gasteiger partial charge in [0, 0.05) is 18.8 Å². The molecule has 0 saturated heterocycles. The van der Waals surface area contributed by atoms with Gasteiger partial charge in [-0.2, -0.15) is 0 Å². The highest BCUT2D eigenvalue weighted by atomic mass is 15.0. The molecule has 88 valence electrons. The third-order valence-electron chi connectivity index (χ3n) is 2.86. The van der Waals surface area contributed by atoms with Gasteiger partial charge in [-0.15, -0.1) is 6.58 Å². The number of rotatable bonds is 3. The Bertz CT molecular complexity index is 683. The van der Waals surface area contributed by atoms with E-state index in [2.05, 4.69) is 27.0 Å². The normalized spacial score (nSPS) is 10.7. The molecular weight excluding hydrogens is 222 g/mol. The molecule has 0 spiro atoms. The van der Waals surface area contributed by atoms with Gasteiger partial charge in [-0.05, 0) is 24.3 Å². The maximum atomic E-state index is 4.68. The van der Waals surface area contributed by atoms with Crippen LogP contribution in [0.15, 0.2) is 61.4 Å². The van der Waals surface area contributed by atoms with Gasteiger partial charge in [0.25, 0.3) is 0 Å². The second-order valence-corrected chi connectivity index (χ2v) is 4.05. The van der Waals surface area contributed by atoms with Gasteiger partial charge in [0.2, 0.25) is 0 Å². The standard InChI is InChI=1S/C15H13N3/c1-2-7-12-14-9-4-6-11-18(14)15(17-12)13-8-3-5-10-16-13/h2-6,8-11H,1,7H2. The maximum absolute atomic E-state index is 4.68. The van der Waals surface area contributed by atoms with Gasteiger partial charge in [-0.25, -0.2) is 4.98 Å². The number of pyridine rings is 2. The van der Waals surface area contributed by atoms with Gasteiger partial charge in [0.05, 0.1) is 11.2 Å². The van der Waals surface area contributed by atoms with Crippen LogP contribution in [-0.2, 0) is 6.42 Å². The summed E-state index contributed by atoms with van der Waals surface area (Å²) in [4.78, 5) is 9.04. The topological polar surface area (TPSA) is 30.2 Å². The number of hydrogen-bond acceptors (Lipinski definition) is 2. The van der Waals surface area contributed by atoms with Gasteiger partial charge in [0.1, 0.15) is 5.69 Å². The van der Waals surface area contributed by atoms with Crippen molar-refractivity contribution in [1.82, 2.24) is 14.4 Å². The first kappa shape index (κ1) is 10.7. The highest BCUT2D eigenvalue weighted by Gasteiger charge is 2.11. The van der Waals surface area contributed by atoms with Crippen LogP contribution in [-0.4, -0.2) is 14.4 Å². The lowest BCUT2D eigenvalue weighted by Crippen LogP contribution is -1.90. The number of fused-ring (bicyclic) bond motifs is 1. The molecule has 3 aromatic heterocycles. The summed E-state index contributed by atoms with van der Waals surface area (Å²) in [5.41, 5.74) is 3.03. The van der Waals surface area contributed by atoms with Crippen LogP contribution in [0.3, 0.4) is 0 Å². The molecule has 0 fully saturated rings. The van der Waals surface area contributed by atoms with E-state index in [0.29, 0.717) is 0 Å². The molecule has 0 aromatic carbocycles. The van der Waals surface area contributed by atoms with Crippen molar-refractivity contribution < 1.29 is 0 Å². The Morgan fingerprint density at radius 1 is 1.17 bits per heavy atom. The fourth-order valence-electron chi connectivity index (χ4n) is 2.06. The Morgan fingerprint density at radius 2 is 2.06 bits per heavy atom. The van der Waals surface area contributed by atoms with E-state index in [1.54, 1.807) is 6.20 Å². The van der Waals surface area contributed by atoms with Crippen molar-refractivity contribution in [2.45, 2.75) is 6.42 Å². The SMILES string of the molecule is C=CCc1nc(-c2ccccn2)n2ccccc12. The van der Waals surface area contributed by atoms with Gasteiger partial charge < -0.3 is 0 Å². The molecule has 0 atom stereocenters. The molecule has 0 aliphatic rings. The molecule has 0 amide bonds. The molecule has 0 saturated carbocycles. The van der Waals surface area contributed by atoms with Gasteiger partial charge >= 0.3 is 0 Å². The summed E-state index contributed by atoms with van der Waals surface area (Å²) in [5, 5.41) is 0. The van der Waals surface area contributed by atoms with Crippen molar-refractivity contribution >= 4 is 5.52 Å². The second kappa shape index (κ2) is 4.45. The Labute approximate surface area is 105 Å². The van der Waals surface area contributed by atoms with Crippen LogP contribution in [0.2, 0.25) is 0 Å². The second-order valence-electron chi connectivity index (χ2n) is 4.05. The molecule has 0 N–H and O–H groups in total. The van der Waals surface area contributed by atoms with Crippen LogP contribution in [0.25, 0.3) is 17.0 Å². The van der Waals surface area contributed by atoms with E-state index in [4.69, 9.17) is 0 Å². The van der Waals surface area contributed by atoms with E-state index in [1.165, 1.54) is 0 Å². The Morgan fingerprint density at radius 3 is 2.83 bits per heavy atom. The molecule has 0 unspecified atom stereocenters. The molecule has 0 bridgehead atoms. The van der Waals surface area contributed by atoms with E-state index < -0.39 is 0 Å². The summed E-state index contributed by atoms with van der Waals surface area (Å²) in [6.07, 6.45) is 6.43. The molecule has 3 heterocycles. The number of aromatic nitrogens is 3. The molecule has 3 rings (SSSR count). The average Bonchev–Trinajstić information content (AvgIpc) is 2.80. The van der Waals surface area contributed by atoms with E-state index in [0.717, 1.165) is 29.1 Å². The van der Waals surface area contributed by atoms with Gasteiger partial charge in [0.15, 0.2) is 5.82 Å². The van der Waals surface area contributed by atoms with E-state index in [9.17, 15) is 0 Å². The predicted molar refractivity (Wildman–Crippen MR) is 72.3 cm³/mol. The van der Waals surface area contributed by atoms with Crippen LogP contribution >= 0.6 is 0 Å². The minimum absolute atomic E-state index is 0.764. The van der Waals surface area contributed by atoms with Crippen molar-refractivity contribution in [3.05, 3.63) is 67.1 Å². The molecule has 0 radical (unpaired) electrons. The monoisotopic (exact) mass is 235 g/mol. The van der Waals surface area contributed by atoms with Crippen LogP contribution in [0.1, 0.15) is 5.69 Å². The molecule has 0 aliphatic carbocycles. The van der Waals surface area contributed by atoms with Crippen molar-refractivity contribution in [2.75, 3.05) is 0 Å². The van der Waals surface area contributed by atoms with Gasteiger partial charge in [-0.1, -0.05) is 18.2 Å². The van der Waals surface area contributed by atoms with E-state index >= 15 is 0 Å². The summed E-state index contributed by atoms with van der Waals surface area (Å²) in [6, 6.07) is 11.9. The van der Waals surface area contributed by atoms with Crippen LogP contribution in [0, 0.1) is 0 Å². The summed E-state index contributed by atoms with van der Waals surface area (Å²) in [7, 11) is 0. The third kappa shape index (κ3) is 1.70. The zero-order valence-electron chi connectivity index (χ0n) is 9.95. The molecule has 3 heteroatoms. The Balaban J connectivity index is 2.27. The van der Waals surface area contributed by atoms with Crippen LogP contribution in [0.4, 0.5) is 0 Å². The lowest BCUT2D eigenvalue weighted by Gasteiger charge is -1.99. The first-order valence-corrected chi connectivity index (χ1v) is 5.88. The molecule has 0 aliphatic heterocycles. The molecule has 3 aromatic rings. The van der Waals surface area contributed by atoms with E-state index in [-0.39, 0.29) is 0 Å². The van der Waals surface area contributed by atoms with Crippen LogP contribution < -0.4 is 0 Å². The highest BCUT2D eigenvalue weighted by Crippen LogP contribution is 2.21. The van der Waals surface area contributed by atoms with Crippen molar-refractivity contribution in [1.29, 1.82) is 0 Å². The predicted octanol–water partition coefficient (Wildman–Crippen LogP) is 3.12. The fraction of sp³-hybridized carbons (Fsp3) is 0.0667. The van der Waals surface area contributed by atoms with Crippen molar-refractivity contribution in [3.63, 3.8) is 0 Å². The maximum Gasteiger partial charge on any atom is 0.163 e. The van der Waals surface area contributed by atoms with Crippen molar-refractivity contribution in [2.24, 2.45) is 0 Å². The summed E-state index contributed by atoms with van der Waals surface area (Å²) < 4.78 is 2.07. The first-order valence-electron chi connectivity index (χ1n) is 5.88. The molecule has 18 heavy (non-hydrogen) atoms. The summed E-state index contributed by atoms with van der Waals surface area (Å²) in [6.45, 7) is 3.78. The number of allylic oxidation sites excluding steroid dienone is 1. The third-order valence-corrected chi connectivity index (χ3v) is 2.86. The summed E-state index contributed by atoms with van der Waals surface area (Å²) in [5.74, 6) is 0.878. The van der Waals surface area contributed by atoms with E-state index in [1.807, 2.05) is 42.6 Å². The Kier molecular flexibility index (Phi) is 2.65. The minimum atomic E-state index is 0.764. The molecular formula is C15H13N3. The smallest absolute Gasteiger partial charge is 0.163 e. The fourth-order valence-corrected chi connectivity index (χ4v) is 2.06. The van der Waals surface area contributed by atoms with Crippen LogP contribution in [0.5, 0.6) is 0 Å².